The average Bonchev–Trinajstić information content (AvgIpc) is 3.01. The third kappa shape index (κ3) is 4.04. The summed E-state index contributed by atoms with van der Waals surface area (Å²) in [7, 11) is 1.64. The summed E-state index contributed by atoms with van der Waals surface area (Å²) >= 11 is 0. The van der Waals surface area contributed by atoms with Gasteiger partial charge in [0.2, 0.25) is 0 Å². The molecule has 28 heavy (non-hydrogen) atoms. The van der Waals surface area contributed by atoms with Crippen molar-refractivity contribution in [3.05, 3.63) is 58.9 Å². The van der Waals surface area contributed by atoms with Crippen molar-refractivity contribution in [3.8, 4) is 11.5 Å². The fraction of sp³-hybridized carbons (Fsp3) is 0.348. The summed E-state index contributed by atoms with van der Waals surface area (Å²) in [4.78, 5) is 4.63. The van der Waals surface area contributed by atoms with Crippen LogP contribution in [0.5, 0.6) is 11.5 Å². The molecule has 1 unspecified atom stereocenters. The molecule has 1 aromatic heterocycles. The van der Waals surface area contributed by atoms with Crippen molar-refractivity contribution >= 4 is 17.1 Å². The van der Waals surface area contributed by atoms with Gasteiger partial charge in [0.15, 0.2) is 11.5 Å². The molecule has 0 fully saturated rings. The molecule has 0 bridgehead atoms. The first-order valence-corrected chi connectivity index (χ1v) is 9.53. The molecule has 1 N–H and O–H groups in total. The molecule has 5 nitrogen and oxygen atoms in total. The number of aromatic nitrogens is 2. The maximum absolute atomic E-state index is 10.2. The van der Waals surface area contributed by atoms with Crippen molar-refractivity contribution in [2.45, 2.75) is 40.3 Å². The molecule has 1 atom stereocenters. The Kier molecular flexibility index (Phi) is 6.05. The second kappa shape index (κ2) is 8.48. The molecule has 3 rings (SSSR count). The van der Waals surface area contributed by atoms with Crippen molar-refractivity contribution < 1.29 is 14.6 Å². The maximum atomic E-state index is 10.2. The Morgan fingerprint density at radius 3 is 2.57 bits per heavy atom. The Hall–Kier alpha value is -2.79. The Labute approximate surface area is 166 Å². The van der Waals surface area contributed by atoms with E-state index in [0.717, 1.165) is 16.6 Å². The molecule has 0 saturated carbocycles. The molecule has 3 aromatic rings. The van der Waals surface area contributed by atoms with Crippen molar-refractivity contribution in [1.29, 1.82) is 0 Å². The van der Waals surface area contributed by atoms with Gasteiger partial charge in [-0.2, -0.15) is 0 Å². The van der Waals surface area contributed by atoms with Crippen LogP contribution in [0.1, 0.15) is 42.5 Å². The van der Waals surface area contributed by atoms with Gasteiger partial charge >= 0.3 is 0 Å². The number of allylic oxidation sites excluding steroid dienone is 1. The van der Waals surface area contributed by atoms with E-state index in [-0.39, 0.29) is 0 Å². The van der Waals surface area contributed by atoms with E-state index < -0.39 is 6.10 Å². The van der Waals surface area contributed by atoms with Gasteiger partial charge in [-0.15, -0.1) is 0 Å². The summed E-state index contributed by atoms with van der Waals surface area (Å²) in [6.07, 6.45) is 3.35. The van der Waals surface area contributed by atoms with E-state index in [1.165, 1.54) is 11.1 Å². The predicted octanol–water partition coefficient (Wildman–Crippen LogP) is 4.83. The minimum absolute atomic E-state index is 0.442. The molecule has 5 heteroatoms. The van der Waals surface area contributed by atoms with Gasteiger partial charge in [0, 0.05) is 0 Å². The molecule has 0 spiro atoms. The molecule has 148 valence electrons. The molecular weight excluding hydrogens is 352 g/mol. The zero-order valence-corrected chi connectivity index (χ0v) is 17.2. The van der Waals surface area contributed by atoms with Gasteiger partial charge in [-0.3, -0.25) is 0 Å². The minimum atomic E-state index is -0.650. The predicted molar refractivity (Wildman–Crippen MR) is 113 cm³/mol. The summed E-state index contributed by atoms with van der Waals surface area (Å²) in [6.45, 7) is 8.90. The molecule has 0 saturated heterocycles. The fourth-order valence-corrected chi connectivity index (χ4v) is 3.30. The van der Waals surface area contributed by atoms with Crippen LogP contribution in [-0.4, -0.2) is 28.4 Å². The molecule has 0 radical (unpaired) electrons. The van der Waals surface area contributed by atoms with Gasteiger partial charge in [0.05, 0.1) is 24.7 Å². The van der Waals surface area contributed by atoms with Crippen LogP contribution < -0.4 is 9.47 Å². The van der Waals surface area contributed by atoms with Crippen LogP contribution in [0.15, 0.2) is 36.4 Å². The van der Waals surface area contributed by atoms with Crippen LogP contribution in [0, 0.1) is 13.8 Å². The topological polar surface area (TPSA) is 56.5 Å². The van der Waals surface area contributed by atoms with Crippen molar-refractivity contribution in [2.24, 2.45) is 0 Å². The normalized spacial score (nSPS) is 12.6. The lowest BCUT2D eigenvalue weighted by Crippen LogP contribution is -2.13. The molecule has 1 heterocycles. The monoisotopic (exact) mass is 380 g/mol. The van der Waals surface area contributed by atoms with E-state index in [1.54, 1.807) is 14.0 Å². The number of nitrogens with zero attached hydrogens (tertiary/aromatic N) is 2. The summed E-state index contributed by atoms with van der Waals surface area (Å²) in [5.74, 6) is 2.05. The van der Waals surface area contributed by atoms with Gasteiger partial charge < -0.3 is 19.1 Å². The first-order valence-electron chi connectivity index (χ1n) is 9.53. The third-order valence-electron chi connectivity index (χ3n) is 4.89. The third-order valence-corrected chi connectivity index (χ3v) is 4.89. The summed E-state index contributed by atoms with van der Waals surface area (Å²) in [6, 6.07) is 10.1. The zero-order chi connectivity index (χ0) is 20.3. The number of benzene rings is 2. The number of hydrogen-bond acceptors (Lipinski definition) is 4. The quantitative estimate of drug-likeness (QED) is 0.638. The number of methoxy groups -OCH3 is 1. The lowest BCUT2D eigenvalue weighted by molar-refractivity contribution is 0.181. The lowest BCUT2D eigenvalue weighted by Gasteiger charge is -2.14. The van der Waals surface area contributed by atoms with Gasteiger partial charge in [-0.25, -0.2) is 4.98 Å². The van der Waals surface area contributed by atoms with Crippen molar-refractivity contribution in [1.82, 2.24) is 9.55 Å². The SMILES string of the molecule is C/C=C/c1ccc(OCCn2c(C(C)O)nc3cc(C)c(C)cc32)c(OC)c1. The van der Waals surface area contributed by atoms with Crippen LogP contribution in [0.3, 0.4) is 0 Å². The molecule has 0 aliphatic carbocycles. The largest absolute Gasteiger partial charge is 0.493 e. The van der Waals surface area contributed by atoms with Gasteiger partial charge in [0.25, 0.3) is 0 Å². The van der Waals surface area contributed by atoms with Gasteiger partial charge in [0.1, 0.15) is 18.5 Å². The summed E-state index contributed by atoms with van der Waals surface area (Å²) in [5, 5.41) is 10.2. The Morgan fingerprint density at radius 1 is 1.14 bits per heavy atom. The van der Waals surface area contributed by atoms with Crippen LogP contribution in [-0.2, 0) is 6.54 Å². The van der Waals surface area contributed by atoms with Crippen LogP contribution >= 0.6 is 0 Å². The number of fused-ring (bicyclic) bond motifs is 1. The second-order valence-electron chi connectivity index (χ2n) is 6.98. The number of ether oxygens (including phenoxy) is 2. The Morgan fingerprint density at radius 2 is 1.89 bits per heavy atom. The fourth-order valence-electron chi connectivity index (χ4n) is 3.30. The molecular formula is C23H28N2O3. The van der Waals surface area contributed by atoms with Crippen molar-refractivity contribution in [3.63, 3.8) is 0 Å². The van der Waals surface area contributed by atoms with E-state index in [1.807, 2.05) is 41.8 Å². The van der Waals surface area contributed by atoms with Crippen LogP contribution in [0.2, 0.25) is 0 Å². The Bertz CT molecular complexity index is 1000. The average molecular weight is 380 g/mol. The number of aliphatic hydroxyl groups excluding tert-OH is 1. The highest BCUT2D eigenvalue weighted by Crippen LogP contribution is 2.29. The number of aryl methyl sites for hydroxylation is 2. The number of rotatable bonds is 7. The highest BCUT2D eigenvalue weighted by Gasteiger charge is 2.16. The van der Waals surface area contributed by atoms with E-state index in [9.17, 15) is 5.11 Å². The Balaban J connectivity index is 1.84. The van der Waals surface area contributed by atoms with E-state index in [0.29, 0.717) is 30.5 Å². The van der Waals surface area contributed by atoms with Crippen LogP contribution in [0.4, 0.5) is 0 Å². The van der Waals surface area contributed by atoms with Crippen LogP contribution in [0.25, 0.3) is 17.1 Å². The second-order valence-corrected chi connectivity index (χ2v) is 6.98. The number of hydrogen-bond donors (Lipinski definition) is 1. The molecule has 0 aliphatic heterocycles. The minimum Gasteiger partial charge on any atom is -0.493 e. The number of imidazole rings is 1. The highest BCUT2D eigenvalue weighted by atomic mass is 16.5. The first-order chi connectivity index (χ1) is 13.4. The smallest absolute Gasteiger partial charge is 0.161 e. The van der Waals surface area contributed by atoms with E-state index in [4.69, 9.17) is 9.47 Å². The van der Waals surface area contributed by atoms with Gasteiger partial charge in [-0.1, -0.05) is 18.2 Å². The van der Waals surface area contributed by atoms with E-state index in [2.05, 4.69) is 31.0 Å². The van der Waals surface area contributed by atoms with Gasteiger partial charge in [-0.05, 0) is 68.7 Å². The first kappa shape index (κ1) is 20.0. The van der Waals surface area contributed by atoms with E-state index >= 15 is 0 Å². The maximum Gasteiger partial charge on any atom is 0.161 e. The zero-order valence-electron chi connectivity index (χ0n) is 17.2. The molecule has 0 amide bonds. The molecule has 0 aliphatic rings. The standard InChI is InChI=1S/C23H28N2O3/c1-6-7-18-8-9-21(22(14-18)27-5)28-11-10-25-20-13-16(3)15(2)12-19(20)24-23(25)17(4)26/h6-9,12-14,17,26H,10-11H2,1-5H3/b7-6+. The summed E-state index contributed by atoms with van der Waals surface area (Å²) < 4.78 is 13.5. The highest BCUT2D eigenvalue weighted by molar-refractivity contribution is 5.78. The van der Waals surface area contributed by atoms with Crippen molar-refractivity contribution in [2.75, 3.05) is 13.7 Å². The number of aliphatic hydroxyl groups is 1. The lowest BCUT2D eigenvalue weighted by atomic mass is 10.1. The summed E-state index contributed by atoms with van der Waals surface area (Å²) in [5.41, 5.74) is 5.37. The molecule has 2 aromatic carbocycles.